The van der Waals surface area contributed by atoms with Crippen LogP contribution in [0.15, 0.2) is 88.8 Å². The zero-order valence-electron chi connectivity index (χ0n) is 13.6. The van der Waals surface area contributed by atoms with Crippen LogP contribution in [-0.4, -0.2) is 5.71 Å². The van der Waals surface area contributed by atoms with Crippen molar-refractivity contribution in [2.75, 3.05) is 0 Å². The molecule has 2 heteroatoms. The van der Waals surface area contributed by atoms with Crippen molar-refractivity contribution in [1.29, 1.82) is 0 Å². The molecule has 1 aliphatic heterocycles. The highest BCUT2D eigenvalue weighted by Crippen LogP contribution is 2.46. The van der Waals surface area contributed by atoms with E-state index in [0.29, 0.717) is 5.25 Å². The summed E-state index contributed by atoms with van der Waals surface area (Å²) in [7, 11) is 0. The van der Waals surface area contributed by atoms with Crippen molar-refractivity contribution in [1.82, 2.24) is 0 Å². The average molecular weight is 329 g/mol. The van der Waals surface area contributed by atoms with E-state index in [1.165, 1.54) is 27.3 Å². The van der Waals surface area contributed by atoms with Crippen molar-refractivity contribution in [3.63, 3.8) is 0 Å². The smallest absolute Gasteiger partial charge is 0.0771 e. The van der Waals surface area contributed by atoms with Crippen molar-refractivity contribution in [2.24, 2.45) is 4.99 Å². The molecule has 24 heavy (non-hydrogen) atoms. The minimum atomic E-state index is 0.382. The van der Waals surface area contributed by atoms with E-state index in [9.17, 15) is 0 Å². The summed E-state index contributed by atoms with van der Waals surface area (Å²) in [6.07, 6.45) is 0.937. The summed E-state index contributed by atoms with van der Waals surface area (Å²) in [6, 6.07) is 27.7. The molecular formula is C22H19NS. The number of rotatable bonds is 2. The molecule has 4 rings (SSSR count). The third-order valence-electron chi connectivity index (χ3n) is 4.36. The minimum absolute atomic E-state index is 0.382. The lowest BCUT2D eigenvalue weighted by Crippen LogP contribution is -2.05. The molecular weight excluding hydrogens is 310 g/mol. The summed E-state index contributed by atoms with van der Waals surface area (Å²) in [6.45, 7) is 2.18. The number of benzene rings is 3. The number of aryl methyl sites for hydroxylation is 1. The summed E-state index contributed by atoms with van der Waals surface area (Å²) in [4.78, 5) is 6.34. The third kappa shape index (κ3) is 3.02. The molecule has 0 spiro atoms. The predicted octanol–water partition coefficient (Wildman–Crippen LogP) is 6.35. The second-order valence-corrected chi connectivity index (χ2v) is 7.28. The molecule has 0 fully saturated rings. The minimum Gasteiger partial charge on any atom is -0.252 e. The molecule has 3 aromatic rings. The second-order valence-electron chi connectivity index (χ2n) is 6.07. The van der Waals surface area contributed by atoms with Gasteiger partial charge in [0.15, 0.2) is 0 Å². The topological polar surface area (TPSA) is 12.4 Å². The van der Waals surface area contributed by atoms with Gasteiger partial charge in [-0.05, 0) is 29.7 Å². The Bertz CT molecular complexity index is 869. The Morgan fingerprint density at radius 3 is 2.29 bits per heavy atom. The largest absolute Gasteiger partial charge is 0.252 e. The van der Waals surface area contributed by atoms with Gasteiger partial charge in [-0.15, -0.1) is 11.8 Å². The summed E-state index contributed by atoms with van der Waals surface area (Å²) < 4.78 is 0. The van der Waals surface area contributed by atoms with E-state index in [1.807, 2.05) is 11.8 Å². The maximum atomic E-state index is 5.04. The number of nitrogens with zero attached hydrogens (tertiary/aromatic N) is 1. The number of thioether (sulfide) groups is 1. The van der Waals surface area contributed by atoms with Gasteiger partial charge in [0, 0.05) is 22.3 Å². The van der Waals surface area contributed by atoms with E-state index >= 15 is 0 Å². The summed E-state index contributed by atoms with van der Waals surface area (Å²) in [5.74, 6) is 0. The van der Waals surface area contributed by atoms with Crippen molar-refractivity contribution < 1.29 is 0 Å². The first-order valence-electron chi connectivity index (χ1n) is 8.25. The highest BCUT2D eigenvalue weighted by atomic mass is 32.2. The van der Waals surface area contributed by atoms with Crippen molar-refractivity contribution in [2.45, 2.75) is 23.5 Å². The SMILES string of the molecule is Cc1cccc2c1SC(c1ccccc1)CC(c1ccccc1)=N2. The maximum absolute atomic E-state index is 5.04. The normalized spacial score (nSPS) is 16.9. The second kappa shape index (κ2) is 6.66. The molecule has 0 aromatic heterocycles. The highest BCUT2D eigenvalue weighted by molar-refractivity contribution is 7.99. The number of hydrogen-bond donors (Lipinski definition) is 0. The van der Waals surface area contributed by atoms with Crippen LogP contribution >= 0.6 is 11.8 Å². The Labute approximate surface area is 147 Å². The Morgan fingerprint density at radius 2 is 1.54 bits per heavy atom. The summed E-state index contributed by atoms with van der Waals surface area (Å²) >= 11 is 1.94. The molecule has 0 bridgehead atoms. The maximum Gasteiger partial charge on any atom is 0.0771 e. The first-order valence-corrected chi connectivity index (χ1v) is 9.13. The fraction of sp³-hybridized carbons (Fsp3) is 0.136. The van der Waals surface area contributed by atoms with Gasteiger partial charge in [0.2, 0.25) is 0 Å². The van der Waals surface area contributed by atoms with Crippen molar-refractivity contribution in [3.05, 3.63) is 95.6 Å². The lowest BCUT2D eigenvalue weighted by molar-refractivity contribution is 1.01. The molecule has 118 valence electrons. The van der Waals surface area contributed by atoms with Gasteiger partial charge >= 0.3 is 0 Å². The molecule has 0 N–H and O–H groups in total. The fourth-order valence-electron chi connectivity index (χ4n) is 3.10. The van der Waals surface area contributed by atoms with E-state index < -0.39 is 0 Å². The van der Waals surface area contributed by atoms with Gasteiger partial charge in [-0.2, -0.15) is 0 Å². The van der Waals surface area contributed by atoms with Crippen LogP contribution in [0.3, 0.4) is 0 Å². The Hall–Kier alpha value is -2.32. The van der Waals surface area contributed by atoms with Gasteiger partial charge in [-0.25, -0.2) is 0 Å². The Morgan fingerprint density at radius 1 is 0.833 bits per heavy atom. The van der Waals surface area contributed by atoms with Crippen molar-refractivity contribution in [3.8, 4) is 0 Å². The first kappa shape index (κ1) is 15.2. The van der Waals surface area contributed by atoms with Gasteiger partial charge < -0.3 is 0 Å². The molecule has 0 saturated heterocycles. The van der Waals surface area contributed by atoms with Gasteiger partial charge in [0.1, 0.15) is 0 Å². The number of aliphatic imine (C=N–C) groups is 1. The van der Waals surface area contributed by atoms with Crippen LogP contribution in [0.5, 0.6) is 0 Å². The van der Waals surface area contributed by atoms with E-state index in [2.05, 4.69) is 85.8 Å². The van der Waals surface area contributed by atoms with Crippen molar-refractivity contribution >= 4 is 23.2 Å². The molecule has 3 aromatic carbocycles. The Balaban J connectivity index is 1.84. The van der Waals surface area contributed by atoms with Crippen LogP contribution < -0.4 is 0 Å². The van der Waals surface area contributed by atoms with E-state index in [-0.39, 0.29) is 0 Å². The van der Waals surface area contributed by atoms with Crippen LogP contribution in [0, 0.1) is 6.92 Å². The van der Waals surface area contributed by atoms with Gasteiger partial charge in [0.05, 0.1) is 5.69 Å². The van der Waals surface area contributed by atoms with Crippen LogP contribution in [0.25, 0.3) is 0 Å². The molecule has 0 aliphatic carbocycles. The van der Waals surface area contributed by atoms with Gasteiger partial charge in [-0.3, -0.25) is 4.99 Å². The molecule has 1 unspecified atom stereocenters. The Kier molecular flexibility index (Phi) is 4.22. The highest BCUT2D eigenvalue weighted by Gasteiger charge is 2.23. The van der Waals surface area contributed by atoms with Crippen LogP contribution in [-0.2, 0) is 0 Å². The first-order chi connectivity index (χ1) is 11.8. The molecule has 1 heterocycles. The van der Waals surface area contributed by atoms with Gasteiger partial charge in [0.25, 0.3) is 0 Å². The number of fused-ring (bicyclic) bond motifs is 1. The van der Waals surface area contributed by atoms with E-state index in [0.717, 1.165) is 12.1 Å². The van der Waals surface area contributed by atoms with Crippen LogP contribution in [0.4, 0.5) is 5.69 Å². The standard InChI is InChI=1S/C22H19NS/c1-16-9-8-14-19-22(16)24-21(18-12-6-3-7-13-18)15-20(23-19)17-10-4-2-5-11-17/h2-14,21H,15H2,1H3. The molecule has 0 radical (unpaired) electrons. The van der Waals surface area contributed by atoms with Crippen LogP contribution in [0.2, 0.25) is 0 Å². The predicted molar refractivity (Wildman–Crippen MR) is 103 cm³/mol. The lowest BCUT2D eigenvalue weighted by atomic mass is 10.0. The third-order valence-corrected chi connectivity index (χ3v) is 5.85. The average Bonchev–Trinajstić information content (AvgIpc) is 2.84. The lowest BCUT2D eigenvalue weighted by Gasteiger charge is -2.17. The molecule has 1 aliphatic rings. The zero-order valence-corrected chi connectivity index (χ0v) is 14.5. The van der Waals surface area contributed by atoms with Gasteiger partial charge in [-0.1, -0.05) is 72.8 Å². The monoisotopic (exact) mass is 329 g/mol. The zero-order chi connectivity index (χ0) is 16.4. The quantitative estimate of drug-likeness (QED) is 0.533. The molecule has 1 atom stereocenters. The fourth-order valence-corrected chi connectivity index (χ4v) is 4.40. The molecule has 0 saturated carbocycles. The molecule has 1 nitrogen and oxygen atoms in total. The summed E-state index contributed by atoms with van der Waals surface area (Å²) in [5, 5.41) is 0.382. The molecule has 0 amide bonds. The summed E-state index contributed by atoms with van der Waals surface area (Å²) in [5.41, 5.74) is 6.14. The van der Waals surface area contributed by atoms with Crippen LogP contribution in [0.1, 0.15) is 28.4 Å². The van der Waals surface area contributed by atoms with E-state index in [4.69, 9.17) is 4.99 Å². The number of hydrogen-bond acceptors (Lipinski definition) is 2. The van der Waals surface area contributed by atoms with E-state index in [1.54, 1.807) is 0 Å².